The first-order chi connectivity index (χ1) is 21.9. The summed E-state index contributed by atoms with van der Waals surface area (Å²) in [4.78, 5) is 52.7. The van der Waals surface area contributed by atoms with Gasteiger partial charge in [-0.25, -0.2) is 9.48 Å². The van der Waals surface area contributed by atoms with E-state index >= 15 is 0 Å². The molecule has 1 amide bonds. The lowest BCUT2D eigenvalue weighted by Crippen LogP contribution is -2.36. The summed E-state index contributed by atoms with van der Waals surface area (Å²) in [6, 6.07) is 20.7. The predicted octanol–water partition coefficient (Wildman–Crippen LogP) is 6.93. The Morgan fingerprint density at radius 2 is 1.67 bits per heavy atom. The summed E-state index contributed by atoms with van der Waals surface area (Å²) in [6.07, 6.45) is 2.21. The van der Waals surface area contributed by atoms with Crippen LogP contribution in [-0.2, 0) is 16.0 Å². The van der Waals surface area contributed by atoms with Crippen LogP contribution in [-0.4, -0.2) is 39.6 Å². The van der Waals surface area contributed by atoms with E-state index in [1.807, 2.05) is 30.3 Å². The van der Waals surface area contributed by atoms with Gasteiger partial charge in [-0.15, -0.1) is 5.10 Å². The van der Waals surface area contributed by atoms with Gasteiger partial charge < -0.3 is 14.8 Å². The van der Waals surface area contributed by atoms with Crippen molar-refractivity contribution in [1.82, 2.24) is 9.78 Å². The Hall–Kier alpha value is -4.76. The number of Topliss-reactive ketones (excluding diaryl/α,β-unsaturated/α-hetero) is 1. The summed E-state index contributed by atoms with van der Waals surface area (Å²) in [6.45, 7) is 7.18. The Labute approximate surface area is 272 Å². The number of anilines is 1. The number of amides is 1. The monoisotopic (exact) mass is 641 g/mol. The number of hydrogen-bond acceptors (Lipinski definition) is 7. The third-order valence-corrected chi connectivity index (χ3v) is 7.62. The fourth-order valence-corrected chi connectivity index (χ4v) is 5.05. The van der Waals surface area contributed by atoms with Gasteiger partial charge in [-0.3, -0.25) is 14.4 Å². The molecule has 0 spiro atoms. The number of carbonyl (C=O) groups excluding carboxylic acids is 3. The lowest BCUT2D eigenvalue weighted by molar-refractivity contribution is -0.119. The molecule has 1 heterocycles. The zero-order valence-corrected chi connectivity index (χ0v) is 27.0. The topological polar surface area (TPSA) is 117 Å². The molecule has 0 bridgehead atoms. The molecule has 4 aromatic rings. The summed E-state index contributed by atoms with van der Waals surface area (Å²) >= 11 is 6.31. The first kappa shape index (κ1) is 32.6. The van der Waals surface area contributed by atoms with Gasteiger partial charge in [0.1, 0.15) is 11.6 Å². The highest BCUT2D eigenvalue weighted by Gasteiger charge is 2.28. The maximum absolute atomic E-state index is 13.9. The molecule has 3 aromatic carbocycles. The smallest absolute Gasteiger partial charge is 0.338 e. The Morgan fingerprint density at radius 1 is 0.978 bits per heavy atom. The number of ether oxygens (including phenoxy) is 2. The molecule has 238 valence electrons. The molecule has 1 aliphatic rings. The summed E-state index contributed by atoms with van der Waals surface area (Å²) in [5, 5.41) is 7.87. The van der Waals surface area contributed by atoms with Crippen molar-refractivity contribution in [3.05, 3.63) is 111 Å². The van der Waals surface area contributed by atoms with E-state index in [1.165, 1.54) is 13.0 Å². The van der Waals surface area contributed by atoms with Gasteiger partial charge in [-0.05, 0) is 100 Å². The number of rotatable bonds is 11. The lowest BCUT2D eigenvalue weighted by Gasteiger charge is -2.21. The molecule has 1 unspecified atom stereocenters. The van der Waals surface area contributed by atoms with E-state index in [4.69, 9.17) is 21.1 Å². The highest BCUT2D eigenvalue weighted by molar-refractivity contribution is 6.31. The molecule has 0 aliphatic heterocycles. The second-order valence-electron chi connectivity index (χ2n) is 12.4. The summed E-state index contributed by atoms with van der Waals surface area (Å²) in [5.74, 6) is -0.674. The van der Waals surface area contributed by atoms with E-state index in [-0.39, 0.29) is 18.1 Å². The second kappa shape index (κ2) is 13.7. The van der Waals surface area contributed by atoms with Crippen LogP contribution in [0.4, 0.5) is 5.69 Å². The van der Waals surface area contributed by atoms with Crippen LogP contribution in [0.15, 0.2) is 83.7 Å². The van der Waals surface area contributed by atoms with Gasteiger partial charge in [-0.2, -0.15) is 0 Å². The number of aromatic nitrogens is 2. The Morgan fingerprint density at radius 3 is 2.30 bits per heavy atom. The van der Waals surface area contributed by atoms with Gasteiger partial charge in [0.25, 0.3) is 5.56 Å². The van der Waals surface area contributed by atoms with Crippen molar-refractivity contribution in [2.24, 2.45) is 5.92 Å². The minimum Gasteiger partial charge on any atom is -0.476 e. The highest BCUT2D eigenvalue weighted by Crippen LogP contribution is 2.35. The molecule has 1 aromatic heterocycles. The largest absolute Gasteiger partial charge is 0.476 e. The van der Waals surface area contributed by atoms with Gasteiger partial charge in [0, 0.05) is 28.8 Å². The van der Waals surface area contributed by atoms with Gasteiger partial charge >= 0.3 is 5.97 Å². The van der Waals surface area contributed by atoms with Crippen LogP contribution < -0.4 is 15.6 Å². The number of benzene rings is 3. The molecule has 1 atom stereocenters. The molecule has 9 nitrogen and oxygen atoms in total. The van der Waals surface area contributed by atoms with Crippen molar-refractivity contribution in [2.75, 3.05) is 11.9 Å². The van der Waals surface area contributed by atoms with Crippen LogP contribution in [0.1, 0.15) is 72.9 Å². The van der Waals surface area contributed by atoms with Gasteiger partial charge in [-0.1, -0.05) is 41.9 Å². The zero-order valence-electron chi connectivity index (χ0n) is 26.2. The van der Waals surface area contributed by atoms with Crippen molar-refractivity contribution in [3.63, 3.8) is 0 Å². The maximum Gasteiger partial charge on any atom is 0.338 e. The van der Waals surface area contributed by atoms with Crippen molar-refractivity contribution < 1.29 is 23.9 Å². The number of halogens is 1. The first-order valence-corrected chi connectivity index (χ1v) is 15.5. The highest BCUT2D eigenvalue weighted by atomic mass is 35.5. The lowest BCUT2D eigenvalue weighted by atomic mass is 9.98. The fraction of sp³-hybridized carbons (Fsp3) is 0.306. The number of esters is 1. The number of nitrogens with zero attached hydrogens (tertiary/aromatic N) is 2. The molecule has 46 heavy (non-hydrogen) atoms. The maximum atomic E-state index is 13.9. The van der Waals surface area contributed by atoms with E-state index in [0.717, 1.165) is 23.1 Å². The second-order valence-corrected chi connectivity index (χ2v) is 12.9. The van der Waals surface area contributed by atoms with Gasteiger partial charge in [0.05, 0.1) is 17.7 Å². The van der Waals surface area contributed by atoms with Crippen LogP contribution in [0, 0.1) is 5.92 Å². The third-order valence-electron chi connectivity index (χ3n) is 7.38. The van der Waals surface area contributed by atoms with Crippen LogP contribution in [0.2, 0.25) is 5.02 Å². The van der Waals surface area contributed by atoms with E-state index in [9.17, 15) is 19.2 Å². The van der Waals surface area contributed by atoms with Crippen molar-refractivity contribution in [1.29, 1.82) is 0 Å². The Balaban J connectivity index is 1.53. The average molecular weight is 642 g/mol. The van der Waals surface area contributed by atoms with E-state index in [0.29, 0.717) is 45.5 Å². The molecule has 0 radical (unpaired) electrons. The molecule has 1 N–H and O–H groups in total. The first-order valence-electron chi connectivity index (χ1n) is 15.1. The van der Waals surface area contributed by atoms with E-state index in [1.54, 1.807) is 63.2 Å². The van der Waals surface area contributed by atoms with Crippen LogP contribution in [0.3, 0.4) is 0 Å². The van der Waals surface area contributed by atoms with Gasteiger partial charge in [0.15, 0.2) is 5.78 Å². The van der Waals surface area contributed by atoms with E-state index < -0.39 is 29.1 Å². The van der Waals surface area contributed by atoms with Crippen molar-refractivity contribution >= 4 is 34.9 Å². The predicted molar refractivity (Wildman–Crippen MR) is 177 cm³/mol. The molecular formula is C36H36ClN3O6. The molecule has 0 saturated heterocycles. The SMILES string of the molecule is CC(=O)c1ccc(Cl)cc1-c1cc(=O)n(C(Cc2ccccc2)C(=O)Nc2ccc(C(=O)OC(C)(C)C)cc2)nc1OCC1CC1. The standard InChI is InChI=1S/C36H36ClN3O6/c1-22(41)28-17-14-26(37)19-29(28)30-20-32(42)40(39-34(30)45-21-24-10-11-24)31(18-23-8-6-5-7-9-23)33(43)38-27-15-12-25(13-16-27)35(44)46-36(2,3)4/h5-9,12-17,19-20,24,31H,10-11,18,21H2,1-4H3,(H,38,43). The number of ketones is 1. The molecule has 1 fully saturated rings. The Kier molecular flexibility index (Phi) is 9.72. The zero-order chi connectivity index (χ0) is 33.0. The quantitative estimate of drug-likeness (QED) is 0.139. The van der Waals surface area contributed by atoms with E-state index in [2.05, 4.69) is 10.4 Å². The summed E-state index contributed by atoms with van der Waals surface area (Å²) < 4.78 is 12.7. The van der Waals surface area contributed by atoms with Crippen molar-refractivity contribution in [3.8, 4) is 17.0 Å². The van der Waals surface area contributed by atoms with Gasteiger partial charge in [0.2, 0.25) is 11.8 Å². The number of carbonyl (C=O) groups is 3. The fourth-order valence-electron chi connectivity index (χ4n) is 4.88. The average Bonchev–Trinajstić information content (AvgIpc) is 3.84. The molecule has 1 saturated carbocycles. The minimum absolute atomic E-state index is 0.129. The molecule has 10 heteroatoms. The summed E-state index contributed by atoms with van der Waals surface area (Å²) in [7, 11) is 0. The van der Waals surface area contributed by atoms with Crippen LogP contribution in [0.25, 0.3) is 11.1 Å². The van der Waals surface area contributed by atoms with Crippen molar-refractivity contribution in [2.45, 2.75) is 58.6 Å². The molecule has 1 aliphatic carbocycles. The molecular weight excluding hydrogens is 606 g/mol. The summed E-state index contributed by atoms with van der Waals surface area (Å²) in [5.41, 5.74) is 1.50. The Bertz CT molecular complexity index is 1810. The molecule has 5 rings (SSSR count). The third kappa shape index (κ3) is 8.28. The van der Waals surface area contributed by atoms with Crippen LogP contribution >= 0.6 is 11.6 Å². The minimum atomic E-state index is -1.07. The number of hydrogen-bond donors (Lipinski definition) is 1. The number of nitrogens with one attached hydrogen (secondary N) is 1. The normalized spacial score (nSPS) is 13.5. The van der Waals surface area contributed by atoms with Crippen LogP contribution in [0.5, 0.6) is 5.88 Å².